The van der Waals surface area contributed by atoms with Crippen LogP contribution in [0.5, 0.6) is 0 Å². The molecule has 0 aliphatic carbocycles. The number of hydrogen-bond acceptors (Lipinski definition) is 4. The first-order valence-electron chi connectivity index (χ1n) is 8.27. The molecule has 4 nitrogen and oxygen atoms in total. The van der Waals surface area contributed by atoms with Gasteiger partial charge in [-0.25, -0.2) is 0 Å². The summed E-state index contributed by atoms with van der Waals surface area (Å²) in [5, 5.41) is 3.70. The molecule has 1 unspecified atom stereocenters. The van der Waals surface area contributed by atoms with E-state index in [9.17, 15) is 0 Å². The van der Waals surface area contributed by atoms with E-state index in [1.165, 1.54) is 6.42 Å². The van der Waals surface area contributed by atoms with Crippen LogP contribution in [0.25, 0.3) is 0 Å². The first kappa shape index (κ1) is 16.2. The van der Waals surface area contributed by atoms with Crippen molar-refractivity contribution in [2.45, 2.75) is 70.1 Å². The van der Waals surface area contributed by atoms with Crippen LogP contribution < -0.4 is 5.32 Å². The number of rotatable bonds is 7. The summed E-state index contributed by atoms with van der Waals surface area (Å²) >= 11 is 0. The normalized spacial score (nSPS) is 26.2. The fraction of sp³-hybridized carbons (Fsp3) is 1.00. The van der Waals surface area contributed by atoms with Crippen molar-refractivity contribution < 1.29 is 14.2 Å². The quantitative estimate of drug-likeness (QED) is 0.730. The van der Waals surface area contributed by atoms with Gasteiger partial charge >= 0.3 is 0 Å². The Balaban J connectivity index is 1.58. The van der Waals surface area contributed by atoms with Crippen LogP contribution in [0.1, 0.15) is 52.4 Å². The van der Waals surface area contributed by atoms with E-state index in [0.717, 1.165) is 65.1 Å². The summed E-state index contributed by atoms with van der Waals surface area (Å²) in [5.74, 6) is 0. The predicted molar refractivity (Wildman–Crippen MR) is 80.1 cm³/mol. The first-order chi connectivity index (χ1) is 9.70. The fourth-order valence-electron chi connectivity index (χ4n) is 3.15. The molecule has 0 radical (unpaired) electrons. The highest BCUT2D eigenvalue weighted by molar-refractivity contribution is 4.91. The minimum atomic E-state index is 0.106. The number of nitrogens with one attached hydrogen (secondary N) is 1. The van der Waals surface area contributed by atoms with Crippen LogP contribution in [0, 0.1) is 0 Å². The molecule has 0 amide bonds. The highest BCUT2D eigenvalue weighted by atomic mass is 16.5. The molecule has 2 saturated heterocycles. The molecule has 118 valence electrons. The van der Waals surface area contributed by atoms with Crippen LogP contribution in [0.2, 0.25) is 0 Å². The molecule has 0 saturated carbocycles. The van der Waals surface area contributed by atoms with Crippen LogP contribution in [0.15, 0.2) is 0 Å². The Morgan fingerprint density at radius 2 is 2.00 bits per heavy atom. The Kier molecular flexibility index (Phi) is 6.75. The number of unbranched alkanes of at least 4 members (excludes halogenated alkanes) is 1. The van der Waals surface area contributed by atoms with E-state index in [0.29, 0.717) is 12.1 Å². The Labute approximate surface area is 123 Å². The highest BCUT2D eigenvalue weighted by Crippen LogP contribution is 2.34. The third kappa shape index (κ3) is 5.32. The van der Waals surface area contributed by atoms with Gasteiger partial charge in [-0.2, -0.15) is 0 Å². The third-order valence-electron chi connectivity index (χ3n) is 4.35. The van der Waals surface area contributed by atoms with E-state index in [-0.39, 0.29) is 5.60 Å². The van der Waals surface area contributed by atoms with Gasteiger partial charge in [0.2, 0.25) is 0 Å². The second kappa shape index (κ2) is 8.32. The van der Waals surface area contributed by atoms with Gasteiger partial charge in [0.25, 0.3) is 0 Å². The molecule has 1 N–H and O–H groups in total. The van der Waals surface area contributed by atoms with Crippen molar-refractivity contribution in [1.82, 2.24) is 5.32 Å². The molecule has 0 aromatic carbocycles. The van der Waals surface area contributed by atoms with Crippen molar-refractivity contribution >= 4 is 0 Å². The lowest BCUT2D eigenvalue weighted by Crippen LogP contribution is -2.50. The number of ether oxygens (including phenoxy) is 3. The SMILES string of the molecule is CC(C)OCCCCNC1CCOC2(CCOCC2)C1. The summed E-state index contributed by atoms with van der Waals surface area (Å²) in [5.41, 5.74) is 0.106. The lowest BCUT2D eigenvalue weighted by molar-refractivity contribution is -0.140. The van der Waals surface area contributed by atoms with Crippen molar-refractivity contribution in [2.24, 2.45) is 0 Å². The van der Waals surface area contributed by atoms with Crippen LogP contribution in [0.3, 0.4) is 0 Å². The van der Waals surface area contributed by atoms with E-state index >= 15 is 0 Å². The molecule has 2 fully saturated rings. The standard InChI is InChI=1S/C16H31NO3/c1-14(2)19-9-4-3-8-17-15-5-10-20-16(13-15)6-11-18-12-7-16/h14-15,17H,3-13H2,1-2H3. The van der Waals surface area contributed by atoms with E-state index in [4.69, 9.17) is 14.2 Å². The second-order valence-corrected chi connectivity index (χ2v) is 6.41. The van der Waals surface area contributed by atoms with E-state index in [2.05, 4.69) is 19.2 Å². The Bertz CT molecular complexity index is 259. The van der Waals surface area contributed by atoms with Gasteiger partial charge < -0.3 is 19.5 Å². The van der Waals surface area contributed by atoms with Gasteiger partial charge in [0.15, 0.2) is 0 Å². The third-order valence-corrected chi connectivity index (χ3v) is 4.35. The maximum atomic E-state index is 6.07. The highest BCUT2D eigenvalue weighted by Gasteiger charge is 2.38. The lowest BCUT2D eigenvalue weighted by atomic mass is 9.84. The second-order valence-electron chi connectivity index (χ2n) is 6.41. The maximum Gasteiger partial charge on any atom is 0.0741 e. The molecule has 2 heterocycles. The Hall–Kier alpha value is -0.160. The molecule has 1 atom stereocenters. The summed E-state index contributed by atoms with van der Waals surface area (Å²) in [6.45, 7) is 8.78. The van der Waals surface area contributed by atoms with Gasteiger partial charge in [0, 0.05) is 32.5 Å². The zero-order valence-corrected chi connectivity index (χ0v) is 13.2. The minimum absolute atomic E-state index is 0.106. The summed E-state index contributed by atoms with van der Waals surface area (Å²) in [6, 6.07) is 0.618. The molecule has 2 aliphatic heterocycles. The first-order valence-corrected chi connectivity index (χ1v) is 8.27. The van der Waals surface area contributed by atoms with Crippen LogP contribution >= 0.6 is 0 Å². The van der Waals surface area contributed by atoms with Gasteiger partial charge in [0.1, 0.15) is 0 Å². The largest absolute Gasteiger partial charge is 0.381 e. The molecule has 1 spiro atoms. The minimum Gasteiger partial charge on any atom is -0.381 e. The smallest absolute Gasteiger partial charge is 0.0741 e. The maximum absolute atomic E-state index is 6.07. The average molecular weight is 285 g/mol. The van der Waals surface area contributed by atoms with Crippen molar-refractivity contribution in [1.29, 1.82) is 0 Å². The van der Waals surface area contributed by atoms with E-state index in [1.807, 2.05) is 0 Å². The molecule has 4 heteroatoms. The van der Waals surface area contributed by atoms with Gasteiger partial charge in [-0.05, 0) is 58.9 Å². The number of hydrogen-bond donors (Lipinski definition) is 1. The monoisotopic (exact) mass is 285 g/mol. The predicted octanol–water partition coefficient (Wildman–Crippen LogP) is 2.51. The molecule has 2 aliphatic rings. The average Bonchev–Trinajstić information content (AvgIpc) is 2.43. The van der Waals surface area contributed by atoms with E-state index in [1.54, 1.807) is 0 Å². The van der Waals surface area contributed by atoms with Crippen molar-refractivity contribution in [3.05, 3.63) is 0 Å². The summed E-state index contributed by atoms with van der Waals surface area (Å²) in [7, 11) is 0. The van der Waals surface area contributed by atoms with Crippen LogP contribution in [-0.2, 0) is 14.2 Å². The van der Waals surface area contributed by atoms with Crippen molar-refractivity contribution in [3.8, 4) is 0 Å². The summed E-state index contributed by atoms with van der Waals surface area (Å²) in [4.78, 5) is 0. The molecule has 0 aromatic rings. The molecule has 20 heavy (non-hydrogen) atoms. The molecular weight excluding hydrogens is 254 g/mol. The summed E-state index contributed by atoms with van der Waals surface area (Å²) < 4.78 is 17.1. The van der Waals surface area contributed by atoms with Gasteiger partial charge in [-0.3, -0.25) is 0 Å². The van der Waals surface area contributed by atoms with Gasteiger partial charge in [0.05, 0.1) is 11.7 Å². The van der Waals surface area contributed by atoms with Gasteiger partial charge in [-0.1, -0.05) is 0 Å². The molecule has 0 aromatic heterocycles. The van der Waals surface area contributed by atoms with Crippen molar-refractivity contribution in [2.75, 3.05) is 33.0 Å². The fourth-order valence-corrected chi connectivity index (χ4v) is 3.15. The van der Waals surface area contributed by atoms with Crippen LogP contribution in [-0.4, -0.2) is 50.7 Å². The zero-order valence-electron chi connectivity index (χ0n) is 13.2. The molecular formula is C16H31NO3. The lowest BCUT2D eigenvalue weighted by Gasteiger charge is -2.43. The van der Waals surface area contributed by atoms with Crippen LogP contribution in [0.4, 0.5) is 0 Å². The Morgan fingerprint density at radius 1 is 1.20 bits per heavy atom. The van der Waals surface area contributed by atoms with Gasteiger partial charge in [-0.15, -0.1) is 0 Å². The Morgan fingerprint density at radius 3 is 2.75 bits per heavy atom. The molecule has 0 bridgehead atoms. The van der Waals surface area contributed by atoms with Crippen molar-refractivity contribution in [3.63, 3.8) is 0 Å². The zero-order chi connectivity index (χ0) is 14.3. The topological polar surface area (TPSA) is 39.7 Å². The summed E-state index contributed by atoms with van der Waals surface area (Å²) in [6.07, 6.45) is 7.12. The molecule has 2 rings (SSSR count). The van der Waals surface area contributed by atoms with E-state index < -0.39 is 0 Å².